The molecule has 3 heterocycles. The molecular formula is C45H33N4PtS-. The van der Waals surface area contributed by atoms with Gasteiger partial charge >= 0.3 is 0 Å². The Hall–Kier alpha value is -5.22. The molecule has 250 valence electrons. The second-order valence-electron chi connectivity index (χ2n) is 12.7. The number of hydrogen-bond acceptors (Lipinski definition) is 2. The fourth-order valence-corrected chi connectivity index (χ4v) is 7.80. The number of benzene rings is 6. The van der Waals surface area contributed by atoms with Crippen LogP contribution in [-0.4, -0.2) is 18.7 Å². The maximum atomic E-state index is 4.93. The zero-order valence-electron chi connectivity index (χ0n) is 28.1. The van der Waals surface area contributed by atoms with E-state index in [0.29, 0.717) is 6.04 Å². The summed E-state index contributed by atoms with van der Waals surface area (Å²) < 4.78 is 6.80. The Morgan fingerprint density at radius 2 is 1.29 bits per heavy atom. The SMILES string of the molecule is CC(C)n1[cH+]n(-c2[c-]c(Sc3[c-]c4c(cc3)c3ccccc3n4-c3cc(-c4ccccc4-c4ccccc4)ccn3)ccc2)c2ccccc21.[Pt]. The summed E-state index contributed by atoms with van der Waals surface area (Å²) in [4.78, 5) is 6.99. The van der Waals surface area contributed by atoms with Crippen LogP contribution in [0.3, 0.4) is 0 Å². The van der Waals surface area contributed by atoms with E-state index in [1.807, 2.05) is 6.20 Å². The average molecular weight is 857 g/mol. The Balaban J connectivity index is 0.00000374. The number of pyridine rings is 1. The summed E-state index contributed by atoms with van der Waals surface area (Å²) in [6.45, 7) is 4.43. The Morgan fingerprint density at radius 1 is 0.608 bits per heavy atom. The van der Waals surface area contributed by atoms with Crippen LogP contribution in [0.5, 0.6) is 0 Å². The molecule has 51 heavy (non-hydrogen) atoms. The van der Waals surface area contributed by atoms with Crippen molar-refractivity contribution in [2.24, 2.45) is 0 Å². The van der Waals surface area contributed by atoms with Crippen molar-refractivity contribution in [3.8, 4) is 33.8 Å². The van der Waals surface area contributed by atoms with E-state index in [-0.39, 0.29) is 21.1 Å². The van der Waals surface area contributed by atoms with E-state index in [1.165, 1.54) is 33.1 Å². The van der Waals surface area contributed by atoms with Gasteiger partial charge in [0, 0.05) is 50.6 Å². The monoisotopic (exact) mass is 856 g/mol. The van der Waals surface area contributed by atoms with E-state index < -0.39 is 0 Å². The van der Waals surface area contributed by atoms with Crippen molar-refractivity contribution in [1.29, 1.82) is 0 Å². The van der Waals surface area contributed by atoms with Gasteiger partial charge in [0.05, 0.1) is 6.04 Å². The van der Waals surface area contributed by atoms with Crippen molar-refractivity contribution < 1.29 is 21.1 Å². The van der Waals surface area contributed by atoms with Gasteiger partial charge in [-0.3, -0.25) is 0 Å². The second-order valence-corrected chi connectivity index (χ2v) is 13.8. The fraction of sp³-hybridized carbons (Fsp3) is 0.0667. The molecule has 0 fully saturated rings. The molecule has 3 aromatic heterocycles. The van der Waals surface area contributed by atoms with Crippen LogP contribution in [0.4, 0.5) is 0 Å². The molecule has 0 bridgehead atoms. The van der Waals surface area contributed by atoms with Crippen molar-refractivity contribution in [3.63, 3.8) is 0 Å². The van der Waals surface area contributed by atoms with Crippen molar-refractivity contribution in [2.45, 2.75) is 29.7 Å². The quantitative estimate of drug-likeness (QED) is 0.149. The molecule has 0 aliphatic carbocycles. The van der Waals surface area contributed by atoms with E-state index in [1.54, 1.807) is 11.8 Å². The standard InChI is InChI=1S/C45H33N4S.Pt/c1-31(2)47-30-48(43-22-11-10-21-42(43)47)34-15-12-16-35(28-34)50-36-23-24-40-39-19-8-9-20-41(39)49(44(40)29-36)45-27-33(25-26-46-45)38-18-7-6-17-37(38)32-13-4-3-5-14-32;/h3-27,30-31H,1-2H3;/q-1;. The first-order valence-corrected chi connectivity index (χ1v) is 17.7. The van der Waals surface area contributed by atoms with Gasteiger partial charge in [0.2, 0.25) is 0 Å². The van der Waals surface area contributed by atoms with Crippen LogP contribution >= 0.6 is 11.8 Å². The Bertz CT molecular complexity index is 2670. The van der Waals surface area contributed by atoms with Crippen LogP contribution < -0.4 is 0 Å². The molecule has 0 unspecified atom stereocenters. The van der Waals surface area contributed by atoms with Crippen LogP contribution in [0.15, 0.2) is 168 Å². The summed E-state index contributed by atoms with van der Waals surface area (Å²) in [5, 5.41) is 2.33. The zero-order chi connectivity index (χ0) is 33.6. The van der Waals surface area contributed by atoms with Gasteiger partial charge in [0.15, 0.2) is 17.4 Å². The van der Waals surface area contributed by atoms with Crippen molar-refractivity contribution >= 4 is 44.6 Å². The maximum absolute atomic E-state index is 4.93. The minimum Gasteiger partial charge on any atom is -0.319 e. The van der Waals surface area contributed by atoms with Crippen LogP contribution in [-0.2, 0) is 21.1 Å². The maximum Gasteiger partial charge on any atom is 0.188 e. The van der Waals surface area contributed by atoms with Crippen molar-refractivity contribution in [3.05, 3.63) is 170 Å². The third-order valence-corrected chi connectivity index (χ3v) is 10.2. The topological polar surface area (TPSA) is 27.7 Å². The smallest absolute Gasteiger partial charge is 0.188 e. The molecule has 0 spiro atoms. The summed E-state index contributed by atoms with van der Waals surface area (Å²) in [6.07, 6.45) is 4.10. The molecule has 6 heteroatoms. The Kier molecular flexibility index (Phi) is 8.93. The minimum absolute atomic E-state index is 0. The molecule has 0 amide bonds. The van der Waals surface area contributed by atoms with E-state index in [0.717, 1.165) is 43.3 Å². The van der Waals surface area contributed by atoms with Gasteiger partial charge in [-0.05, 0) is 71.8 Å². The molecule has 0 N–H and O–H groups in total. The number of imidazole rings is 1. The average Bonchev–Trinajstić information content (AvgIpc) is 3.72. The molecule has 0 saturated heterocycles. The number of rotatable bonds is 7. The molecule has 6 aromatic carbocycles. The molecular weight excluding hydrogens is 824 g/mol. The molecule has 0 atom stereocenters. The first kappa shape index (κ1) is 33.0. The van der Waals surface area contributed by atoms with Gasteiger partial charge in [-0.2, -0.15) is 24.3 Å². The Morgan fingerprint density at radius 3 is 2.10 bits per heavy atom. The summed E-state index contributed by atoms with van der Waals surface area (Å²) >= 11 is 1.68. The van der Waals surface area contributed by atoms with E-state index in [9.17, 15) is 0 Å². The van der Waals surface area contributed by atoms with Gasteiger partial charge in [-0.25, -0.2) is 14.1 Å². The predicted octanol–water partition coefficient (Wildman–Crippen LogP) is 11.9. The predicted molar refractivity (Wildman–Crippen MR) is 207 cm³/mol. The van der Waals surface area contributed by atoms with Gasteiger partial charge in [-0.1, -0.05) is 89.3 Å². The number of aromatic nitrogens is 4. The molecule has 0 aliphatic heterocycles. The van der Waals surface area contributed by atoms with Crippen LogP contribution in [0.2, 0.25) is 0 Å². The third-order valence-electron chi connectivity index (χ3n) is 9.30. The zero-order valence-corrected chi connectivity index (χ0v) is 31.2. The number of nitrogens with zero attached hydrogens (tertiary/aromatic N) is 4. The largest absolute Gasteiger partial charge is 0.319 e. The van der Waals surface area contributed by atoms with E-state index >= 15 is 0 Å². The molecule has 4 nitrogen and oxygen atoms in total. The normalized spacial score (nSPS) is 11.4. The van der Waals surface area contributed by atoms with Gasteiger partial charge < -0.3 is 4.57 Å². The van der Waals surface area contributed by atoms with E-state index in [2.05, 4.69) is 192 Å². The van der Waals surface area contributed by atoms with Crippen LogP contribution in [0.25, 0.3) is 66.6 Å². The summed E-state index contributed by atoms with van der Waals surface area (Å²) in [7, 11) is 0. The van der Waals surface area contributed by atoms with E-state index in [4.69, 9.17) is 4.98 Å². The molecule has 0 radical (unpaired) electrons. The molecule has 0 aliphatic rings. The number of fused-ring (bicyclic) bond motifs is 4. The van der Waals surface area contributed by atoms with Gasteiger partial charge in [0.25, 0.3) is 0 Å². The van der Waals surface area contributed by atoms with Crippen molar-refractivity contribution in [2.75, 3.05) is 0 Å². The first-order valence-electron chi connectivity index (χ1n) is 16.9. The molecule has 9 aromatic rings. The summed E-state index contributed by atoms with van der Waals surface area (Å²) in [6, 6.07) is 59.1. The fourth-order valence-electron chi connectivity index (χ4n) is 6.98. The molecule has 0 saturated carbocycles. The summed E-state index contributed by atoms with van der Waals surface area (Å²) in [5.74, 6) is 0.862. The van der Waals surface area contributed by atoms with Crippen LogP contribution in [0.1, 0.15) is 19.9 Å². The Labute approximate surface area is 316 Å². The number of para-hydroxylation sites is 3. The van der Waals surface area contributed by atoms with Crippen molar-refractivity contribution in [1.82, 2.24) is 18.7 Å². The molecule has 9 rings (SSSR count). The van der Waals surface area contributed by atoms with Crippen LogP contribution in [0, 0.1) is 12.1 Å². The van der Waals surface area contributed by atoms with Gasteiger partial charge in [-0.15, -0.1) is 34.2 Å². The summed E-state index contributed by atoms with van der Waals surface area (Å²) in [5.41, 5.74) is 10.2. The minimum atomic E-state index is 0. The number of hydrogen-bond donors (Lipinski definition) is 0. The first-order chi connectivity index (χ1) is 24.6. The second kappa shape index (κ2) is 13.8. The third kappa shape index (κ3) is 6.01. The van der Waals surface area contributed by atoms with Gasteiger partial charge in [0.1, 0.15) is 5.82 Å².